The largest absolute Gasteiger partial charge is 0.479 e. The summed E-state index contributed by atoms with van der Waals surface area (Å²) in [5.41, 5.74) is 2.61. The van der Waals surface area contributed by atoms with Crippen LogP contribution in [0.5, 0.6) is 0 Å². The van der Waals surface area contributed by atoms with Gasteiger partial charge in [0.15, 0.2) is 6.29 Å². The van der Waals surface area contributed by atoms with Crippen molar-refractivity contribution < 1.29 is 19.1 Å². The van der Waals surface area contributed by atoms with Gasteiger partial charge < -0.3 is 15.6 Å². The minimum absolute atomic E-state index is 0.0732. The molecular formula is C6H10FNO3S. The average Bonchev–Trinajstić information content (AvgIpc) is 2.03. The van der Waals surface area contributed by atoms with E-state index < -0.39 is 17.7 Å². The van der Waals surface area contributed by atoms with Gasteiger partial charge in [-0.25, -0.2) is 9.18 Å². The smallest absolute Gasteiger partial charge is 0.334 e. The first-order chi connectivity index (χ1) is 5.49. The monoisotopic (exact) mass is 195 g/mol. The van der Waals surface area contributed by atoms with E-state index in [2.05, 4.69) is 0 Å². The number of carboxylic acid groups (broad SMARTS) is 1. The van der Waals surface area contributed by atoms with E-state index in [0.29, 0.717) is 0 Å². The maximum Gasteiger partial charge on any atom is 0.334 e. The van der Waals surface area contributed by atoms with E-state index in [4.69, 9.17) is 10.8 Å². The summed E-state index contributed by atoms with van der Waals surface area (Å²) in [6.07, 6.45) is -0.335. The average molecular weight is 195 g/mol. The summed E-state index contributed by atoms with van der Waals surface area (Å²) >= 11 is 1.09. The lowest BCUT2D eigenvalue weighted by Crippen LogP contribution is -2.58. The lowest BCUT2D eigenvalue weighted by molar-refractivity contribution is -0.147. The molecule has 0 amide bonds. The number of hydrogen-bond donors (Lipinski definition) is 2. The first-order valence-electron chi connectivity index (χ1n) is 3.10. The predicted molar refractivity (Wildman–Crippen MR) is 43.9 cm³/mol. The number of aliphatic carboxylic acids is 1. The van der Waals surface area contributed by atoms with Crippen molar-refractivity contribution >= 4 is 24.0 Å². The van der Waals surface area contributed by atoms with E-state index in [1.54, 1.807) is 6.26 Å². The van der Waals surface area contributed by atoms with Gasteiger partial charge in [0.1, 0.15) is 6.17 Å². The molecule has 0 aromatic carbocycles. The van der Waals surface area contributed by atoms with Crippen LogP contribution < -0.4 is 5.73 Å². The highest BCUT2D eigenvalue weighted by molar-refractivity contribution is 7.98. The Morgan fingerprint density at radius 2 is 2.42 bits per heavy atom. The van der Waals surface area contributed by atoms with Crippen LogP contribution in [0.3, 0.4) is 0 Å². The second-order valence-corrected chi connectivity index (χ2v) is 3.19. The van der Waals surface area contributed by atoms with Gasteiger partial charge in [0.05, 0.1) is 0 Å². The summed E-state index contributed by atoms with van der Waals surface area (Å²) in [7, 11) is 0. The lowest BCUT2D eigenvalue weighted by atomic mass is 9.98. The van der Waals surface area contributed by atoms with Gasteiger partial charge in [-0.3, -0.25) is 0 Å². The first kappa shape index (κ1) is 11.4. The second kappa shape index (κ2) is 4.42. The van der Waals surface area contributed by atoms with Gasteiger partial charge in [-0.15, -0.1) is 0 Å². The van der Waals surface area contributed by atoms with Crippen LogP contribution in [0.25, 0.3) is 0 Å². The fraction of sp³-hybridized carbons (Fsp3) is 0.667. The third kappa shape index (κ3) is 2.18. The van der Waals surface area contributed by atoms with E-state index in [9.17, 15) is 14.0 Å². The third-order valence-corrected chi connectivity index (χ3v) is 2.02. The Kier molecular flexibility index (Phi) is 4.19. The zero-order valence-electron chi connectivity index (χ0n) is 6.49. The molecule has 0 saturated heterocycles. The van der Waals surface area contributed by atoms with Crippen molar-refractivity contribution in [3.63, 3.8) is 0 Å². The van der Waals surface area contributed by atoms with Crippen LogP contribution in [0.4, 0.5) is 4.39 Å². The number of halogens is 1. The maximum atomic E-state index is 12.9. The molecular weight excluding hydrogens is 185 g/mol. The zero-order valence-corrected chi connectivity index (χ0v) is 7.31. The fourth-order valence-corrected chi connectivity index (χ4v) is 1.11. The van der Waals surface area contributed by atoms with E-state index in [-0.39, 0.29) is 12.0 Å². The number of nitrogens with two attached hydrogens (primary N) is 1. The summed E-state index contributed by atoms with van der Waals surface area (Å²) < 4.78 is 12.9. The van der Waals surface area contributed by atoms with Gasteiger partial charge in [0.2, 0.25) is 5.54 Å². The van der Waals surface area contributed by atoms with Gasteiger partial charge in [0, 0.05) is 5.75 Å². The van der Waals surface area contributed by atoms with Gasteiger partial charge in [-0.2, -0.15) is 11.8 Å². The first-order valence-corrected chi connectivity index (χ1v) is 4.50. The molecule has 0 rings (SSSR count). The van der Waals surface area contributed by atoms with E-state index in [0.717, 1.165) is 11.8 Å². The SMILES string of the molecule is CSCC(F)C(N)(C=O)C(=O)O. The van der Waals surface area contributed by atoms with Crippen molar-refractivity contribution in [2.75, 3.05) is 12.0 Å². The quantitative estimate of drug-likeness (QED) is 0.463. The summed E-state index contributed by atoms with van der Waals surface area (Å²) in [6.45, 7) is 0. The molecule has 4 nitrogen and oxygen atoms in total. The van der Waals surface area contributed by atoms with Crippen molar-refractivity contribution in [2.24, 2.45) is 5.73 Å². The van der Waals surface area contributed by atoms with Crippen LogP contribution in [-0.4, -0.2) is 41.1 Å². The molecule has 3 N–H and O–H groups in total. The Morgan fingerprint density at radius 1 is 1.92 bits per heavy atom. The van der Waals surface area contributed by atoms with Crippen LogP contribution >= 0.6 is 11.8 Å². The molecule has 2 unspecified atom stereocenters. The zero-order chi connectivity index (χ0) is 9.78. The highest BCUT2D eigenvalue weighted by Crippen LogP contribution is 2.13. The summed E-state index contributed by atoms with van der Waals surface area (Å²) in [4.78, 5) is 20.6. The predicted octanol–water partition coefficient (Wildman–Crippen LogP) is -0.331. The Morgan fingerprint density at radius 3 is 2.67 bits per heavy atom. The summed E-state index contributed by atoms with van der Waals surface area (Å²) in [6, 6.07) is 0. The molecule has 12 heavy (non-hydrogen) atoms. The minimum Gasteiger partial charge on any atom is -0.479 e. The molecule has 0 aliphatic heterocycles. The molecule has 0 aliphatic carbocycles. The van der Waals surface area contributed by atoms with Crippen LogP contribution in [0.1, 0.15) is 0 Å². The molecule has 0 saturated carbocycles. The maximum absolute atomic E-state index is 12.9. The summed E-state index contributed by atoms with van der Waals surface area (Å²) in [5, 5.41) is 8.42. The molecule has 0 spiro atoms. The molecule has 0 aromatic rings. The van der Waals surface area contributed by atoms with Gasteiger partial charge in [-0.1, -0.05) is 0 Å². The Bertz CT molecular complexity index is 190. The van der Waals surface area contributed by atoms with Crippen molar-refractivity contribution in [3.05, 3.63) is 0 Å². The van der Waals surface area contributed by atoms with Gasteiger partial charge in [0.25, 0.3) is 0 Å². The highest BCUT2D eigenvalue weighted by atomic mass is 32.2. The van der Waals surface area contributed by atoms with Crippen molar-refractivity contribution in [3.8, 4) is 0 Å². The standard InChI is InChI=1S/C6H10FNO3S/c1-12-2-4(7)6(8,3-9)5(10)11/h3-4H,2,8H2,1H3,(H,10,11). The topological polar surface area (TPSA) is 80.4 Å². The number of carbonyl (C=O) groups is 2. The Labute approximate surface area is 73.3 Å². The number of carbonyl (C=O) groups excluding carboxylic acids is 1. The minimum atomic E-state index is -2.40. The van der Waals surface area contributed by atoms with Crippen LogP contribution in [0, 0.1) is 0 Å². The molecule has 0 bridgehead atoms. The van der Waals surface area contributed by atoms with Crippen LogP contribution in [0.2, 0.25) is 0 Å². The third-order valence-electron chi connectivity index (χ3n) is 1.40. The number of alkyl halides is 1. The lowest BCUT2D eigenvalue weighted by Gasteiger charge is -2.21. The molecule has 6 heteroatoms. The highest BCUT2D eigenvalue weighted by Gasteiger charge is 2.42. The fourth-order valence-electron chi connectivity index (χ4n) is 0.542. The van der Waals surface area contributed by atoms with Crippen molar-refractivity contribution in [2.45, 2.75) is 11.7 Å². The molecule has 0 fully saturated rings. The molecule has 70 valence electrons. The van der Waals surface area contributed by atoms with Gasteiger partial charge >= 0.3 is 5.97 Å². The van der Waals surface area contributed by atoms with E-state index in [1.807, 2.05) is 0 Å². The van der Waals surface area contributed by atoms with Crippen molar-refractivity contribution in [1.29, 1.82) is 0 Å². The van der Waals surface area contributed by atoms with Crippen LogP contribution in [-0.2, 0) is 9.59 Å². The summed E-state index contributed by atoms with van der Waals surface area (Å²) in [5.74, 6) is -1.75. The Balaban J connectivity index is 4.50. The number of thioether (sulfide) groups is 1. The molecule has 0 aliphatic rings. The number of hydrogen-bond acceptors (Lipinski definition) is 4. The van der Waals surface area contributed by atoms with Gasteiger partial charge in [-0.05, 0) is 6.26 Å². The second-order valence-electron chi connectivity index (χ2n) is 2.28. The number of rotatable bonds is 5. The normalized spacial score (nSPS) is 17.9. The molecule has 0 aromatic heterocycles. The van der Waals surface area contributed by atoms with Crippen LogP contribution in [0.15, 0.2) is 0 Å². The van der Waals surface area contributed by atoms with Crippen molar-refractivity contribution in [1.82, 2.24) is 0 Å². The molecule has 2 atom stereocenters. The van der Waals surface area contributed by atoms with E-state index in [1.165, 1.54) is 0 Å². The molecule has 0 radical (unpaired) electrons. The number of aldehydes is 1. The number of carboxylic acids is 1. The van der Waals surface area contributed by atoms with E-state index >= 15 is 0 Å². The molecule has 0 heterocycles. The Hall–Kier alpha value is -0.620.